The SMILES string of the molecule is Br.O=NO.[Mg+2][c]1ccc(-c2ccccc2)cc1. The van der Waals surface area contributed by atoms with Gasteiger partial charge in [-0.1, -0.05) is 30.3 Å². The lowest BCUT2D eigenvalue weighted by Crippen LogP contribution is -1.98. The van der Waals surface area contributed by atoms with Crippen LogP contribution in [0.4, 0.5) is 0 Å². The van der Waals surface area contributed by atoms with E-state index in [1.807, 2.05) is 27.8 Å². The molecule has 2 aromatic carbocycles. The molecule has 0 saturated carbocycles. The molecule has 0 aliphatic rings. The highest BCUT2D eigenvalue weighted by molar-refractivity contribution is 8.93. The summed E-state index contributed by atoms with van der Waals surface area (Å²) in [6, 6.07) is 19.1. The smallest absolute Gasteiger partial charge is 0.379 e. The fourth-order valence-corrected chi connectivity index (χ4v) is 1.56. The van der Waals surface area contributed by atoms with Gasteiger partial charge >= 0.3 is 25.4 Å². The van der Waals surface area contributed by atoms with Gasteiger partial charge in [-0.05, 0) is 23.3 Å². The lowest BCUT2D eigenvalue weighted by Gasteiger charge is -1.97. The van der Waals surface area contributed by atoms with E-state index in [1.165, 1.54) is 20.2 Å². The Kier molecular flexibility index (Phi) is 8.66. The fourth-order valence-electron chi connectivity index (χ4n) is 1.33. The Morgan fingerprint density at radius 1 is 0.882 bits per heavy atom. The van der Waals surface area contributed by atoms with Crippen molar-refractivity contribution in [2.75, 3.05) is 0 Å². The number of hydrogen-bond donors (Lipinski definition) is 1. The van der Waals surface area contributed by atoms with Gasteiger partial charge < -0.3 is 5.21 Å². The molecule has 83 valence electrons. The topological polar surface area (TPSA) is 49.7 Å². The maximum absolute atomic E-state index is 8.11. The standard InChI is InChI=1S/C12H9.BrH.Mg.HNO2/c1-3-7-11(8-4-1)12-9-5-2-6-10-12;;;2-1-3/h1,3-10H;1H;;(H,2,3)/q;;+2;. The molecule has 5 heteroatoms. The molecular formula is C12H11BrMgNO2+2. The van der Waals surface area contributed by atoms with Crippen molar-refractivity contribution in [1.29, 1.82) is 0 Å². The van der Waals surface area contributed by atoms with Crippen LogP contribution in [0.1, 0.15) is 0 Å². The summed E-state index contributed by atoms with van der Waals surface area (Å²) in [5.41, 5.74) is 2.57. The molecule has 0 amide bonds. The van der Waals surface area contributed by atoms with Gasteiger partial charge in [-0.2, -0.15) is 0 Å². The third kappa shape index (κ3) is 5.81. The third-order valence-electron chi connectivity index (χ3n) is 2.06. The first-order valence-corrected chi connectivity index (χ1v) is 5.43. The first kappa shape index (κ1) is 16.1. The molecule has 0 spiro atoms. The zero-order valence-electron chi connectivity index (χ0n) is 9.11. The molecule has 7 radical (unpaired) electrons. The first-order valence-electron chi connectivity index (χ1n) is 4.72. The summed E-state index contributed by atoms with van der Waals surface area (Å²) >= 11 is 1.91. The maximum atomic E-state index is 8.11. The van der Waals surface area contributed by atoms with Crippen LogP contribution in [0.25, 0.3) is 11.1 Å². The Labute approximate surface area is 123 Å². The predicted octanol–water partition coefficient (Wildman–Crippen LogP) is 2.87. The molecule has 1 N–H and O–H groups in total. The maximum Gasteiger partial charge on any atom is 1.47 e. The summed E-state index contributed by atoms with van der Waals surface area (Å²) in [7, 11) is 0. The van der Waals surface area contributed by atoms with E-state index in [2.05, 4.69) is 48.5 Å². The molecule has 3 nitrogen and oxygen atoms in total. The van der Waals surface area contributed by atoms with E-state index >= 15 is 0 Å². The minimum atomic E-state index is 0. The number of nitrogens with zero attached hydrogens (tertiary/aromatic N) is 1. The van der Waals surface area contributed by atoms with Gasteiger partial charge in [0.05, 0.1) is 0 Å². The summed E-state index contributed by atoms with van der Waals surface area (Å²) in [6.07, 6.45) is 0. The molecule has 0 aliphatic heterocycles. The van der Waals surface area contributed by atoms with Crippen LogP contribution in [-0.2, 0) is 0 Å². The Balaban J connectivity index is 0.000000583. The van der Waals surface area contributed by atoms with E-state index in [0.717, 1.165) is 0 Å². The van der Waals surface area contributed by atoms with Gasteiger partial charge in [0.25, 0.3) is 0 Å². The molecule has 0 heterocycles. The lowest BCUT2D eigenvalue weighted by atomic mass is 10.1. The molecule has 0 bridgehead atoms. The van der Waals surface area contributed by atoms with Crippen molar-refractivity contribution in [1.82, 2.24) is 0 Å². The molecule has 2 aromatic rings. The molecule has 17 heavy (non-hydrogen) atoms. The zero-order chi connectivity index (χ0) is 11.8. The van der Waals surface area contributed by atoms with E-state index in [9.17, 15) is 0 Å². The van der Waals surface area contributed by atoms with E-state index in [-0.39, 0.29) is 17.0 Å². The second-order valence-corrected chi connectivity index (χ2v) is 3.96. The van der Waals surface area contributed by atoms with Gasteiger partial charge in [0.2, 0.25) is 0 Å². The van der Waals surface area contributed by atoms with Gasteiger partial charge in [-0.25, -0.2) is 0 Å². The van der Waals surface area contributed by atoms with Crippen LogP contribution in [0.3, 0.4) is 0 Å². The Bertz CT molecular complexity index is 434. The van der Waals surface area contributed by atoms with Crippen LogP contribution in [0.15, 0.2) is 59.9 Å². The van der Waals surface area contributed by atoms with Crippen LogP contribution in [0, 0.1) is 4.91 Å². The Hall–Kier alpha value is -0.914. The first-order chi connectivity index (χ1) is 7.77. The van der Waals surface area contributed by atoms with E-state index in [4.69, 9.17) is 10.1 Å². The van der Waals surface area contributed by atoms with Gasteiger partial charge in [-0.15, -0.1) is 21.9 Å². The Morgan fingerprint density at radius 2 is 1.29 bits per heavy atom. The van der Waals surface area contributed by atoms with Crippen molar-refractivity contribution in [2.45, 2.75) is 0 Å². The lowest BCUT2D eigenvalue weighted by molar-refractivity contribution is 0.312. The molecule has 0 saturated heterocycles. The Morgan fingerprint density at radius 3 is 1.76 bits per heavy atom. The van der Waals surface area contributed by atoms with E-state index in [0.29, 0.717) is 0 Å². The second-order valence-electron chi connectivity index (χ2n) is 3.14. The number of rotatable bonds is 1. The van der Waals surface area contributed by atoms with Crippen LogP contribution in [0.5, 0.6) is 0 Å². The van der Waals surface area contributed by atoms with Gasteiger partial charge in [0.15, 0.2) is 5.34 Å². The summed E-state index contributed by atoms with van der Waals surface area (Å²) in [5.74, 6) is 0. The summed E-state index contributed by atoms with van der Waals surface area (Å²) in [5, 5.41) is 7.89. The van der Waals surface area contributed by atoms with Gasteiger partial charge in [0, 0.05) is 12.1 Å². The monoisotopic (exact) mass is 304 g/mol. The van der Waals surface area contributed by atoms with Crippen molar-refractivity contribution in [3.8, 4) is 11.1 Å². The molecule has 2 rings (SSSR count). The molecule has 0 aromatic heterocycles. The zero-order valence-corrected chi connectivity index (χ0v) is 12.2. The van der Waals surface area contributed by atoms with Crippen molar-refractivity contribution in [2.24, 2.45) is 5.34 Å². The largest absolute Gasteiger partial charge is 1.47 e. The molecule has 0 aliphatic carbocycles. The highest BCUT2D eigenvalue weighted by Crippen LogP contribution is 2.16. The highest BCUT2D eigenvalue weighted by atomic mass is 79.9. The normalized spacial score (nSPS) is 8.29. The number of halogens is 1. The minimum absolute atomic E-state index is 0. The fraction of sp³-hybridized carbons (Fsp3) is 0. The second kappa shape index (κ2) is 9.15. The molecular weight excluding hydrogens is 294 g/mol. The minimum Gasteiger partial charge on any atom is -0.379 e. The van der Waals surface area contributed by atoms with Crippen LogP contribution < -0.4 is 3.69 Å². The van der Waals surface area contributed by atoms with Crippen LogP contribution >= 0.6 is 17.0 Å². The summed E-state index contributed by atoms with van der Waals surface area (Å²) in [4.78, 5) is 8.11. The van der Waals surface area contributed by atoms with Gasteiger partial charge in [0.1, 0.15) is 0 Å². The quantitative estimate of drug-likeness (QED) is 0.500. The molecule has 0 unspecified atom stereocenters. The average molecular weight is 305 g/mol. The van der Waals surface area contributed by atoms with Crippen molar-refractivity contribution in [3.05, 3.63) is 59.5 Å². The average Bonchev–Trinajstić information content (AvgIpc) is 2.32. The van der Waals surface area contributed by atoms with Crippen molar-refractivity contribution >= 4 is 42.4 Å². The molecule has 0 fully saturated rings. The van der Waals surface area contributed by atoms with Crippen LogP contribution in [0.2, 0.25) is 0 Å². The van der Waals surface area contributed by atoms with Crippen molar-refractivity contribution in [3.63, 3.8) is 0 Å². The van der Waals surface area contributed by atoms with Gasteiger partial charge in [-0.3, -0.25) is 0 Å². The molecule has 0 atom stereocenters. The summed E-state index contributed by atoms with van der Waals surface area (Å²) < 4.78 is 1.33. The van der Waals surface area contributed by atoms with Crippen molar-refractivity contribution < 1.29 is 5.21 Å². The van der Waals surface area contributed by atoms with E-state index < -0.39 is 0 Å². The highest BCUT2D eigenvalue weighted by Gasteiger charge is 2.29. The number of benzene rings is 2. The summed E-state index contributed by atoms with van der Waals surface area (Å²) in [6.45, 7) is 0. The third-order valence-corrected chi connectivity index (χ3v) is 2.53. The predicted molar refractivity (Wildman–Crippen MR) is 75.2 cm³/mol. The van der Waals surface area contributed by atoms with E-state index in [1.54, 1.807) is 0 Å². The van der Waals surface area contributed by atoms with Crippen LogP contribution in [-0.4, -0.2) is 26.9 Å². The number of hydrogen-bond acceptors (Lipinski definition) is 2.